The van der Waals surface area contributed by atoms with Crippen molar-refractivity contribution < 1.29 is 22.8 Å². The molecule has 0 unspecified atom stereocenters. The third kappa shape index (κ3) is 3.83. The van der Waals surface area contributed by atoms with E-state index in [1.165, 1.54) is 18.1 Å². The maximum atomic E-state index is 14.3. The highest BCUT2D eigenvalue weighted by molar-refractivity contribution is 7.90. The molecule has 6 rings (SSSR count). The molecule has 4 amide bonds. The van der Waals surface area contributed by atoms with E-state index in [0.717, 1.165) is 45.0 Å². The molecule has 3 atom stereocenters. The smallest absolute Gasteiger partial charge is 0.294 e. The van der Waals surface area contributed by atoms with Crippen LogP contribution in [-0.4, -0.2) is 72.1 Å². The quantitative estimate of drug-likeness (QED) is 0.449. The number of hydrogen-bond acceptors (Lipinski definition) is 6. The summed E-state index contributed by atoms with van der Waals surface area (Å²) < 4.78 is 30.1. The zero-order valence-corrected chi connectivity index (χ0v) is 24.0. The molecule has 3 aliphatic rings. The maximum absolute atomic E-state index is 14.3. The van der Waals surface area contributed by atoms with Crippen LogP contribution in [0.3, 0.4) is 0 Å². The normalized spacial score (nSPS) is 24.5. The number of fused-ring (bicyclic) bond motifs is 5. The van der Waals surface area contributed by atoms with Crippen LogP contribution in [0.1, 0.15) is 42.6 Å². The largest absolute Gasteiger partial charge is 0.332 e. The molecule has 0 saturated carbocycles. The van der Waals surface area contributed by atoms with Gasteiger partial charge in [-0.3, -0.25) is 24.3 Å². The molecule has 0 radical (unpaired) electrons. The molecular formula is C30H34N4O5S. The second kappa shape index (κ2) is 9.55. The van der Waals surface area contributed by atoms with Gasteiger partial charge in [0.05, 0.1) is 22.1 Å². The van der Waals surface area contributed by atoms with Gasteiger partial charge in [0.25, 0.3) is 10.0 Å². The van der Waals surface area contributed by atoms with Crippen LogP contribution >= 0.6 is 0 Å². The van der Waals surface area contributed by atoms with E-state index in [2.05, 4.69) is 11.8 Å². The van der Waals surface area contributed by atoms with Crippen molar-refractivity contribution >= 4 is 38.8 Å². The highest BCUT2D eigenvalue weighted by atomic mass is 32.2. The first kappa shape index (κ1) is 26.7. The van der Waals surface area contributed by atoms with Gasteiger partial charge in [-0.2, -0.15) is 0 Å². The van der Waals surface area contributed by atoms with Crippen LogP contribution in [0.25, 0.3) is 10.9 Å². The minimum atomic E-state index is -3.94. The lowest BCUT2D eigenvalue weighted by Gasteiger charge is -2.49. The molecule has 0 N–H and O–H groups in total. The van der Waals surface area contributed by atoms with Crippen LogP contribution < -0.4 is 0 Å². The van der Waals surface area contributed by atoms with Crippen LogP contribution in [-0.2, 0) is 26.0 Å². The Morgan fingerprint density at radius 2 is 1.57 bits per heavy atom. The van der Waals surface area contributed by atoms with E-state index in [0.29, 0.717) is 24.9 Å². The number of carbonyl (C=O) groups is 3. The molecule has 9 nitrogen and oxygen atoms in total. The van der Waals surface area contributed by atoms with Crippen molar-refractivity contribution in [2.24, 2.45) is 17.8 Å². The van der Waals surface area contributed by atoms with Crippen molar-refractivity contribution in [3.05, 3.63) is 65.4 Å². The van der Waals surface area contributed by atoms with E-state index in [1.54, 1.807) is 24.3 Å². The molecule has 0 spiro atoms. The Labute approximate surface area is 234 Å². The number of carbonyl (C=O) groups excluding carboxylic acids is 3. The Morgan fingerprint density at radius 3 is 2.23 bits per heavy atom. The number of barbiturate groups is 1. The highest BCUT2D eigenvalue weighted by Crippen LogP contribution is 2.48. The summed E-state index contributed by atoms with van der Waals surface area (Å²) in [6.07, 6.45) is 1.93. The Morgan fingerprint density at radius 1 is 0.925 bits per heavy atom. The average molecular weight is 563 g/mol. The van der Waals surface area contributed by atoms with E-state index in [9.17, 15) is 22.8 Å². The predicted molar refractivity (Wildman–Crippen MR) is 150 cm³/mol. The highest BCUT2D eigenvalue weighted by Gasteiger charge is 2.52. The molecule has 1 aromatic heterocycles. The van der Waals surface area contributed by atoms with Gasteiger partial charge in [-0.05, 0) is 55.4 Å². The van der Waals surface area contributed by atoms with Gasteiger partial charge in [-0.15, -0.1) is 0 Å². The molecule has 0 aliphatic carbocycles. The number of imide groups is 2. The van der Waals surface area contributed by atoms with Gasteiger partial charge in [-0.1, -0.05) is 49.2 Å². The Kier molecular flexibility index (Phi) is 6.38. The number of hydrogen-bond donors (Lipinski definition) is 0. The SMILES string of the molecule is CC[C@@H]1CN2CCc3c(n(S(=O)(=O)c4ccc(C)cc4)c4ccccc34)[C@@H]2C[C@H]1C1C(=O)N(C)C(=O)N(C)C1=O. The van der Waals surface area contributed by atoms with Crippen molar-refractivity contribution in [2.45, 2.75) is 44.0 Å². The maximum Gasteiger partial charge on any atom is 0.332 e. The van der Waals surface area contributed by atoms with Gasteiger partial charge in [0.1, 0.15) is 5.92 Å². The number of rotatable bonds is 4. The summed E-state index contributed by atoms with van der Waals surface area (Å²) in [6.45, 7) is 5.40. The summed E-state index contributed by atoms with van der Waals surface area (Å²) in [6, 6.07) is 13.6. The standard InChI is InChI=1S/C30H34N4O5S/c1-5-19-17-33-15-14-22-21-8-6-7-9-24(21)34(40(38,39)20-12-10-18(2)11-13-20)27(22)25(33)16-23(19)26-28(35)31(3)30(37)32(4)29(26)36/h6-13,19,23,25-26H,5,14-17H2,1-4H3/t19-,23-,25+/m1/s1. The average Bonchev–Trinajstić information content (AvgIpc) is 3.30. The van der Waals surface area contributed by atoms with Crippen LogP contribution in [0.5, 0.6) is 0 Å². The molecular weight excluding hydrogens is 528 g/mol. The van der Waals surface area contributed by atoms with E-state index in [1.807, 2.05) is 31.2 Å². The van der Waals surface area contributed by atoms with Crippen LogP contribution in [0, 0.1) is 24.7 Å². The number of urea groups is 1. The third-order valence-electron chi connectivity index (χ3n) is 9.23. The van der Waals surface area contributed by atoms with Crippen molar-refractivity contribution in [3.63, 3.8) is 0 Å². The van der Waals surface area contributed by atoms with Gasteiger partial charge in [0.2, 0.25) is 11.8 Å². The lowest BCUT2D eigenvalue weighted by atomic mass is 9.70. The minimum absolute atomic E-state index is 0.0530. The van der Waals surface area contributed by atoms with E-state index < -0.39 is 33.8 Å². The molecule has 210 valence electrons. The Hall–Kier alpha value is -3.50. The lowest BCUT2D eigenvalue weighted by molar-refractivity contribution is -0.153. The van der Waals surface area contributed by atoms with E-state index in [-0.39, 0.29) is 22.8 Å². The monoisotopic (exact) mass is 562 g/mol. The van der Waals surface area contributed by atoms with Crippen LogP contribution in [0.15, 0.2) is 53.4 Å². The summed E-state index contributed by atoms with van der Waals surface area (Å²) in [5, 5.41) is 0.914. The van der Waals surface area contributed by atoms with Crippen molar-refractivity contribution in [1.82, 2.24) is 18.7 Å². The molecule has 3 aliphatic heterocycles. The van der Waals surface area contributed by atoms with Crippen molar-refractivity contribution in [3.8, 4) is 0 Å². The number of amides is 4. The number of para-hydroxylation sites is 1. The summed E-state index contributed by atoms with van der Waals surface area (Å²) in [5.41, 5.74) is 3.34. The fourth-order valence-corrected chi connectivity index (χ4v) is 8.66. The Bertz CT molecular complexity index is 1620. The van der Waals surface area contributed by atoms with Crippen LogP contribution in [0.2, 0.25) is 0 Å². The lowest BCUT2D eigenvalue weighted by Crippen LogP contribution is -2.61. The molecule has 4 heterocycles. The zero-order valence-electron chi connectivity index (χ0n) is 23.2. The first-order valence-electron chi connectivity index (χ1n) is 13.8. The number of aromatic nitrogens is 1. The first-order valence-corrected chi connectivity index (χ1v) is 15.3. The second-order valence-electron chi connectivity index (χ2n) is 11.3. The fraction of sp³-hybridized carbons (Fsp3) is 0.433. The molecule has 3 aromatic rings. The van der Waals surface area contributed by atoms with Crippen LogP contribution in [0.4, 0.5) is 4.79 Å². The molecule has 2 saturated heterocycles. The first-order chi connectivity index (χ1) is 19.1. The van der Waals surface area contributed by atoms with E-state index in [4.69, 9.17) is 0 Å². The summed E-state index contributed by atoms with van der Waals surface area (Å²) in [5.74, 6) is -2.21. The van der Waals surface area contributed by atoms with Gasteiger partial charge in [0, 0.05) is 32.6 Å². The van der Waals surface area contributed by atoms with Gasteiger partial charge in [0.15, 0.2) is 0 Å². The fourth-order valence-electron chi connectivity index (χ4n) is 7.06. The number of nitrogens with zero attached hydrogens (tertiary/aromatic N) is 4. The number of benzene rings is 2. The van der Waals surface area contributed by atoms with Gasteiger partial charge in [-0.25, -0.2) is 17.2 Å². The van der Waals surface area contributed by atoms with E-state index >= 15 is 0 Å². The topological polar surface area (TPSA) is 100 Å². The third-order valence-corrected chi connectivity index (χ3v) is 11.0. The van der Waals surface area contributed by atoms with Crippen molar-refractivity contribution in [2.75, 3.05) is 27.2 Å². The van der Waals surface area contributed by atoms with Gasteiger partial charge >= 0.3 is 6.03 Å². The minimum Gasteiger partial charge on any atom is -0.294 e. The second-order valence-corrected chi connectivity index (χ2v) is 13.1. The molecule has 2 fully saturated rings. The molecule has 0 bridgehead atoms. The summed E-state index contributed by atoms with van der Waals surface area (Å²) in [7, 11) is -1.11. The summed E-state index contributed by atoms with van der Waals surface area (Å²) >= 11 is 0. The number of piperidine rings is 1. The van der Waals surface area contributed by atoms with Crippen molar-refractivity contribution in [1.29, 1.82) is 0 Å². The number of aryl methyl sites for hydroxylation is 1. The Balaban J connectivity index is 1.51. The molecule has 40 heavy (non-hydrogen) atoms. The van der Waals surface area contributed by atoms with Gasteiger partial charge < -0.3 is 0 Å². The molecule has 10 heteroatoms. The summed E-state index contributed by atoms with van der Waals surface area (Å²) in [4.78, 5) is 43.8. The zero-order chi connectivity index (χ0) is 28.5. The predicted octanol–water partition coefficient (Wildman–Crippen LogP) is 3.80. The molecule has 2 aromatic carbocycles.